The van der Waals surface area contributed by atoms with Gasteiger partial charge in [0.25, 0.3) is 0 Å². The van der Waals surface area contributed by atoms with Crippen LogP contribution in [-0.4, -0.2) is 0 Å². The third kappa shape index (κ3) is 2.25. The van der Waals surface area contributed by atoms with Gasteiger partial charge in [-0.3, -0.25) is 0 Å². The highest BCUT2D eigenvalue weighted by atomic mass is 16.5. The minimum atomic E-state index is 0.256. The molecule has 0 amide bonds. The molecule has 0 heterocycles. The molecule has 0 N–H and O–H groups in total. The zero-order chi connectivity index (χ0) is 12.1. The van der Waals surface area contributed by atoms with E-state index in [9.17, 15) is 0 Å². The summed E-state index contributed by atoms with van der Waals surface area (Å²) in [5, 5.41) is 0. The number of rotatable bonds is 2. The molecule has 0 bridgehead atoms. The smallest absolute Gasteiger partial charge is 0.236 e. The van der Waals surface area contributed by atoms with Gasteiger partial charge >= 0.3 is 0 Å². The van der Waals surface area contributed by atoms with E-state index in [0.717, 1.165) is 0 Å². The van der Waals surface area contributed by atoms with Crippen molar-refractivity contribution in [2.75, 3.05) is 0 Å². The number of nitrogens with zero attached hydrogens (tertiary/aromatic N) is 2. The molecule has 0 saturated heterocycles. The van der Waals surface area contributed by atoms with Crippen LogP contribution in [0.15, 0.2) is 48.5 Å². The lowest BCUT2D eigenvalue weighted by atomic mass is 10.2. The third-order valence-electron chi connectivity index (χ3n) is 2.18. The van der Waals surface area contributed by atoms with Crippen molar-refractivity contribution in [1.29, 1.82) is 0 Å². The lowest BCUT2D eigenvalue weighted by Crippen LogP contribution is -1.83. The van der Waals surface area contributed by atoms with Gasteiger partial charge in [-0.15, -0.1) is 0 Å². The highest BCUT2D eigenvalue weighted by molar-refractivity contribution is 5.77. The Balaban J connectivity index is 2.41. The fourth-order valence-electron chi connectivity index (χ4n) is 1.41. The second-order valence-corrected chi connectivity index (χ2v) is 3.26. The van der Waals surface area contributed by atoms with Crippen LogP contribution in [0.1, 0.15) is 0 Å². The van der Waals surface area contributed by atoms with E-state index in [1.54, 1.807) is 30.3 Å². The summed E-state index contributed by atoms with van der Waals surface area (Å²) < 4.78 is 5.59. The van der Waals surface area contributed by atoms with E-state index in [-0.39, 0.29) is 5.69 Å². The highest BCUT2D eigenvalue weighted by Crippen LogP contribution is 2.39. The number of hydrogen-bond acceptors (Lipinski definition) is 1. The summed E-state index contributed by atoms with van der Waals surface area (Å²) in [6.07, 6.45) is 0. The Labute approximate surface area is 99.5 Å². The standard InChI is InChI=1S/C14H8N2O/c1-15-12-9-6-10-13(14(12)16-2)17-11-7-4-3-5-8-11/h3-10H. The van der Waals surface area contributed by atoms with Crippen molar-refractivity contribution in [3.8, 4) is 11.5 Å². The van der Waals surface area contributed by atoms with Crippen molar-refractivity contribution in [3.63, 3.8) is 0 Å². The van der Waals surface area contributed by atoms with Gasteiger partial charge in [-0.25, -0.2) is 9.69 Å². The Morgan fingerprint density at radius 3 is 2.24 bits per heavy atom. The van der Waals surface area contributed by atoms with E-state index in [2.05, 4.69) is 9.69 Å². The van der Waals surface area contributed by atoms with Gasteiger partial charge in [-0.1, -0.05) is 30.3 Å². The van der Waals surface area contributed by atoms with Gasteiger partial charge in [0.1, 0.15) is 11.5 Å². The first kappa shape index (κ1) is 10.7. The zero-order valence-corrected chi connectivity index (χ0v) is 8.92. The predicted molar refractivity (Wildman–Crippen MR) is 65.5 cm³/mol. The molecule has 0 radical (unpaired) electrons. The molecular weight excluding hydrogens is 212 g/mol. The van der Waals surface area contributed by atoms with Crippen molar-refractivity contribution in [2.45, 2.75) is 0 Å². The molecule has 2 aromatic carbocycles. The van der Waals surface area contributed by atoms with Crippen LogP contribution < -0.4 is 4.74 Å². The Hall–Kier alpha value is -2.78. The maximum Gasteiger partial charge on any atom is 0.236 e. The van der Waals surface area contributed by atoms with Crippen LogP contribution >= 0.6 is 0 Å². The Morgan fingerprint density at radius 1 is 0.824 bits per heavy atom. The van der Waals surface area contributed by atoms with Gasteiger partial charge in [0.15, 0.2) is 5.69 Å². The Kier molecular flexibility index (Phi) is 3.05. The van der Waals surface area contributed by atoms with Crippen LogP contribution in [0.5, 0.6) is 11.5 Å². The maximum absolute atomic E-state index is 7.10. The Morgan fingerprint density at radius 2 is 1.59 bits per heavy atom. The minimum Gasteiger partial charge on any atom is -0.470 e. The molecule has 0 saturated carbocycles. The molecule has 3 nitrogen and oxygen atoms in total. The summed E-state index contributed by atoms with van der Waals surface area (Å²) in [5.41, 5.74) is 0.569. The number of para-hydroxylation sites is 2. The van der Waals surface area contributed by atoms with Gasteiger partial charge in [-0.2, -0.15) is 0 Å². The van der Waals surface area contributed by atoms with E-state index in [1.165, 1.54) is 0 Å². The third-order valence-corrected chi connectivity index (χ3v) is 2.18. The molecule has 0 aliphatic rings. The van der Waals surface area contributed by atoms with E-state index in [4.69, 9.17) is 17.9 Å². The number of benzene rings is 2. The van der Waals surface area contributed by atoms with Gasteiger partial charge in [0.05, 0.1) is 13.1 Å². The molecule has 0 unspecified atom stereocenters. The summed E-state index contributed by atoms with van der Waals surface area (Å²) >= 11 is 0. The van der Waals surface area contributed by atoms with Crippen LogP contribution in [0.2, 0.25) is 0 Å². The molecule has 0 fully saturated rings. The fourth-order valence-corrected chi connectivity index (χ4v) is 1.41. The van der Waals surface area contributed by atoms with Crippen LogP contribution in [0.3, 0.4) is 0 Å². The first-order valence-electron chi connectivity index (χ1n) is 4.96. The maximum atomic E-state index is 7.10. The molecular formula is C14H8N2O. The number of hydrogen-bond donors (Lipinski definition) is 0. The SMILES string of the molecule is [C-]#[N+]c1cccc(Oc2ccccc2)c1[N+]#[C-]. The molecule has 2 aromatic rings. The first-order valence-corrected chi connectivity index (χ1v) is 4.96. The first-order chi connectivity index (χ1) is 8.35. The van der Waals surface area contributed by atoms with Crippen molar-refractivity contribution in [3.05, 3.63) is 71.4 Å². The van der Waals surface area contributed by atoms with Crippen LogP contribution in [0.25, 0.3) is 9.69 Å². The van der Waals surface area contributed by atoms with Gasteiger partial charge < -0.3 is 4.74 Å². The normalized spacial score (nSPS) is 9.06. The minimum absolute atomic E-state index is 0.256. The van der Waals surface area contributed by atoms with Crippen molar-refractivity contribution in [1.82, 2.24) is 0 Å². The molecule has 0 aliphatic carbocycles. The molecule has 80 valence electrons. The lowest BCUT2D eigenvalue weighted by molar-refractivity contribution is 0.486. The summed E-state index contributed by atoms with van der Waals surface area (Å²) in [7, 11) is 0. The van der Waals surface area contributed by atoms with Crippen molar-refractivity contribution < 1.29 is 4.74 Å². The molecule has 0 aromatic heterocycles. The zero-order valence-electron chi connectivity index (χ0n) is 8.92. The molecule has 2 rings (SSSR count). The van der Waals surface area contributed by atoms with Gasteiger partial charge in [0.2, 0.25) is 5.69 Å². The van der Waals surface area contributed by atoms with E-state index < -0.39 is 0 Å². The fraction of sp³-hybridized carbons (Fsp3) is 0. The van der Waals surface area contributed by atoms with Crippen LogP contribution in [0, 0.1) is 13.1 Å². The summed E-state index contributed by atoms with van der Waals surface area (Å²) in [5.74, 6) is 1.07. The predicted octanol–water partition coefficient (Wildman–Crippen LogP) is 4.58. The van der Waals surface area contributed by atoms with Crippen LogP contribution in [0.4, 0.5) is 11.4 Å². The summed E-state index contributed by atoms with van der Waals surface area (Å²) in [6.45, 7) is 14.1. The van der Waals surface area contributed by atoms with E-state index in [1.807, 2.05) is 18.2 Å². The molecule has 0 atom stereocenters. The Bertz CT molecular complexity index is 606. The quantitative estimate of drug-likeness (QED) is 0.677. The molecule has 0 aliphatic heterocycles. The molecule has 0 spiro atoms. The average molecular weight is 220 g/mol. The lowest BCUT2D eigenvalue weighted by Gasteiger charge is -2.08. The van der Waals surface area contributed by atoms with Gasteiger partial charge in [0, 0.05) is 0 Å². The monoisotopic (exact) mass is 220 g/mol. The highest BCUT2D eigenvalue weighted by Gasteiger charge is 2.09. The molecule has 3 heteroatoms. The average Bonchev–Trinajstić information content (AvgIpc) is 2.39. The summed E-state index contributed by atoms with van der Waals surface area (Å²) in [6, 6.07) is 14.2. The van der Waals surface area contributed by atoms with Crippen molar-refractivity contribution in [2.24, 2.45) is 0 Å². The molecule has 17 heavy (non-hydrogen) atoms. The van der Waals surface area contributed by atoms with E-state index in [0.29, 0.717) is 17.2 Å². The number of ether oxygens (including phenoxy) is 1. The van der Waals surface area contributed by atoms with E-state index >= 15 is 0 Å². The topological polar surface area (TPSA) is 17.9 Å². The second kappa shape index (κ2) is 4.83. The largest absolute Gasteiger partial charge is 0.470 e. The van der Waals surface area contributed by atoms with Crippen molar-refractivity contribution >= 4 is 11.4 Å². The van der Waals surface area contributed by atoms with Crippen LogP contribution in [-0.2, 0) is 0 Å². The summed E-state index contributed by atoms with van der Waals surface area (Å²) in [4.78, 5) is 6.65. The second-order valence-electron chi connectivity index (χ2n) is 3.26. The van der Waals surface area contributed by atoms with Gasteiger partial charge in [-0.05, 0) is 18.2 Å².